The number of nitrogens with zero attached hydrogens (tertiary/aromatic N) is 1. The molecular weight excluding hydrogens is 314 g/mol. The fourth-order valence-corrected chi connectivity index (χ4v) is 3.13. The van der Waals surface area contributed by atoms with E-state index in [0.29, 0.717) is 17.8 Å². The number of hydrogen-bond donors (Lipinski definition) is 2. The smallest absolute Gasteiger partial charge is 0.241 e. The third-order valence-electron chi connectivity index (χ3n) is 3.74. The predicted molar refractivity (Wildman–Crippen MR) is 95.3 cm³/mol. The second-order valence-electron chi connectivity index (χ2n) is 5.54. The molecule has 2 N–H and O–H groups in total. The number of carbonyl (C=O) groups is 1. The van der Waals surface area contributed by atoms with E-state index in [9.17, 15) is 13.2 Å². The van der Waals surface area contributed by atoms with Gasteiger partial charge < -0.3 is 5.32 Å². The fourth-order valence-electron chi connectivity index (χ4n) is 2.51. The quantitative estimate of drug-likeness (QED) is 0.761. The van der Waals surface area contributed by atoms with Crippen molar-refractivity contribution in [1.82, 2.24) is 4.90 Å². The van der Waals surface area contributed by atoms with E-state index in [2.05, 4.69) is 14.9 Å². The highest BCUT2D eigenvalue weighted by atomic mass is 32.2. The first-order valence-electron chi connectivity index (χ1n) is 7.85. The molecule has 0 unspecified atom stereocenters. The number of sulfonamides is 1. The molecule has 0 radical (unpaired) electrons. The van der Waals surface area contributed by atoms with E-state index in [-0.39, 0.29) is 11.9 Å². The number of anilines is 2. The SMILES string of the molecule is CC[C@@H](C(=O)Nc1ccc(C)c(NS(C)(=O)=O)c1)N(CC)CC. The first kappa shape index (κ1) is 19.4. The lowest BCUT2D eigenvalue weighted by atomic mass is 10.1. The minimum Gasteiger partial charge on any atom is -0.325 e. The summed E-state index contributed by atoms with van der Waals surface area (Å²) in [6.07, 6.45) is 1.82. The van der Waals surface area contributed by atoms with Gasteiger partial charge in [-0.15, -0.1) is 0 Å². The van der Waals surface area contributed by atoms with Crippen LogP contribution >= 0.6 is 0 Å². The van der Waals surface area contributed by atoms with Crippen LogP contribution < -0.4 is 10.0 Å². The Morgan fingerprint density at radius 2 is 1.83 bits per heavy atom. The van der Waals surface area contributed by atoms with Gasteiger partial charge in [-0.2, -0.15) is 0 Å². The van der Waals surface area contributed by atoms with Crippen LogP contribution in [0.5, 0.6) is 0 Å². The lowest BCUT2D eigenvalue weighted by Gasteiger charge is -2.27. The Kier molecular flexibility index (Phi) is 7.02. The van der Waals surface area contributed by atoms with E-state index in [4.69, 9.17) is 0 Å². The molecule has 1 aromatic carbocycles. The van der Waals surface area contributed by atoms with Gasteiger partial charge in [-0.05, 0) is 44.1 Å². The Morgan fingerprint density at radius 3 is 2.30 bits per heavy atom. The zero-order valence-electron chi connectivity index (χ0n) is 14.5. The molecule has 1 atom stereocenters. The van der Waals surface area contributed by atoms with E-state index in [1.54, 1.807) is 18.2 Å². The Balaban J connectivity index is 2.96. The molecule has 0 aliphatic rings. The van der Waals surface area contributed by atoms with Gasteiger partial charge in [0, 0.05) is 5.69 Å². The number of aryl methyl sites for hydroxylation is 1. The summed E-state index contributed by atoms with van der Waals surface area (Å²) < 4.78 is 25.3. The highest BCUT2D eigenvalue weighted by Crippen LogP contribution is 2.21. The van der Waals surface area contributed by atoms with Crippen molar-refractivity contribution in [3.8, 4) is 0 Å². The summed E-state index contributed by atoms with van der Waals surface area (Å²) in [5.74, 6) is -0.0784. The van der Waals surface area contributed by atoms with E-state index in [1.807, 2.05) is 27.7 Å². The molecule has 0 aromatic heterocycles. The van der Waals surface area contributed by atoms with E-state index >= 15 is 0 Å². The van der Waals surface area contributed by atoms with E-state index in [1.165, 1.54) is 0 Å². The van der Waals surface area contributed by atoms with Crippen LogP contribution in [-0.2, 0) is 14.8 Å². The maximum atomic E-state index is 12.5. The van der Waals surface area contributed by atoms with Crippen LogP contribution in [0.2, 0.25) is 0 Å². The van der Waals surface area contributed by atoms with Gasteiger partial charge in [0.25, 0.3) is 0 Å². The summed E-state index contributed by atoms with van der Waals surface area (Å²) in [5, 5.41) is 2.88. The third kappa shape index (κ3) is 5.84. The number of nitrogens with one attached hydrogen (secondary N) is 2. The predicted octanol–water partition coefficient (Wildman–Crippen LogP) is 2.43. The summed E-state index contributed by atoms with van der Waals surface area (Å²) >= 11 is 0. The van der Waals surface area contributed by atoms with Gasteiger partial charge in [-0.3, -0.25) is 14.4 Å². The molecule has 0 saturated carbocycles. The van der Waals surface area contributed by atoms with Crippen molar-refractivity contribution in [2.45, 2.75) is 40.2 Å². The summed E-state index contributed by atoms with van der Waals surface area (Å²) in [7, 11) is -3.36. The minimum absolute atomic E-state index is 0.0784. The number of benzene rings is 1. The zero-order chi connectivity index (χ0) is 17.6. The van der Waals surface area contributed by atoms with Crippen molar-refractivity contribution >= 4 is 27.3 Å². The number of rotatable bonds is 8. The molecule has 0 aliphatic carbocycles. The van der Waals surface area contributed by atoms with Crippen molar-refractivity contribution in [3.63, 3.8) is 0 Å². The van der Waals surface area contributed by atoms with Gasteiger partial charge in [0.1, 0.15) is 0 Å². The molecule has 0 spiro atoms. The van der Waals surface area contributed by atoms with Gasteiger partial charge >= 0.3 is 0 Å². The van der Waals surface area contributed by atoms with Crippen LogP contribution in [0.15, 0.2) is 18.2 Å². The first-order chi connectivity index (χ1) is 10.7. The molecular formula is C16H27N3O3S. The van der Waals surface area contributed by atoms with Crippen molar-refractivity contribution in [1.29, 1.82) is 0 Å². The van der Waals surface area contributed by atoms with Crippen LogP contribution in [-0.4, -0.2) is 44.6 Å². The molecule has 130 valence electrons. The normalized spacial score (nSPS) is 13.0. The molecule has 7 heteroatoms. The zero-order valence-corrected chi connectivity index (χ0v) is 15.3. The maximum Gasteiger partial charge on any atom is 0.241 e. The van der Waals surface area contributed by atoms with Crippen LogP contribution in [0.1, 0.15) is 32.8 Å². The van der Waals surface area contributed by atoms with Gasteiger partial charge in [0.15, 0.2) is 0 Å². The van der Waals surface area contributed by atoms with Gasteiger partial charge in [-0.25, -0.2) is 8.42 Å². The third-order valence-corrected chi connectivity index (χ3v) is 4.33. The Labute approximate surface area is 139 Å². The number of amides is 1. The van der Waals surface area contributed by atoms with Crippen molar-refractivity contribution < 1.29 is 13.2 Å². The largest absolute Gasteiger partial charge is 0.325 e. The average molecular weight is 341 g/mol. The molecule has 0 fully saturated rings. The van der Waals surface area contributed by atoms with Gasteiger partial charge in [0.2, 0.25) is 15.9 Å². The fraction of sp³-hybridized carbons (Fsp3) is 0.562. The van der Waals surface area contributed by atoms with Crippen LogP contribution in [0.4, 0.5) is 11.4 Å². The highest BCUT2D eigenvalue weighted by Gasteiger charge is 2.22. The lowest BCUT2D eigenvalue weighted by Crippen LogP contribution is -2.43. The van der Waals surface area contributed by atoms with Crippen molar-refractivity contribution in [3.05, 3.63) is 23.8 Å². The summed E-state index contributed by atoms with van der Waals surface area (Å²) in [5.41, 5.74) is 1.85. The molecule has 1 aromatic rings. The maximum absolute atomic E-state index is 12.5. The molecule has 0 saturated heterocycles. The monoisotopic (exact) mass is 341 g/mol. The van der Waals surface area contributed by atoms with E-state index in [0.717, 1.165) is 24.9 Å². The average Bonchev–Trinajstić information content (AvgIpc) is 2.46. The van der Waals surface area contributed by atoms with Crippen LogP contribution in [0, 0.1) is 6.92 Å². The number of likely N-dealkylation sites (N-methyl/N-ethyl adjacent to an activating group) is 1. The highest BCUT2D eigenvalue weighted by molar-refractivity contribution is 7.92. The number of carbonyl (C=O) groups excluding carboxylic acids is 1. The van der Waals surface area contributed by atoms with Crippen molar-refractivity contribution in [2.75, 3.05) is 29.4 Å². The van der Waals surface area contributed by atoms with Crippen LogP contribution in [0.3, 0.4) is 0 Å². The second-order valence-corrected chi connectivity index (χ2v) is 7.29. The number of hydrogen-bond acceptors (Lipinski definition) is 4. The topological polar surface area (TPSA) is 78.5 Å². The standard InChI is InChI=1S/C16H27N3O3S/c1-6-15(19(7-2)8-3)16(20)17-13-10-9-12(4)14(11-13)18-23(5,21)22/h9-11,15,18H,6-8H2,1-5H3,(H,17,20)/t15-/m0/s1. The van der Waals surface area contributed by atoms with E-state index < -0.39 is 10.0 Å². The molecule has 1 amide bonds. The van der Waals surface area contributed by atoms with Gasteiger partial charge in [0.05, 0.1) is 18.0 Å². The molecule has 0 bridgehead atoms. The first-order valence-corrected chi connectivity index (χ1v) is 9.74. The summed E-state index contributed by atoms with van der Waals surface area (Å²) in [6, 6.07) is 5.00. The summed E-state index contributed by atoms with van der Waals surface area (Å²) in [4.78, 5) is 14.6. The van der Waals surface area contributed by atoms with Crippen molar-refractivity contribution in [2.24, 2.45) is 0 Å². The Bertz CT molecular complexity index is 640. The molecule has 6 nitrogen and oxygen atoms in total. The molecule has 0 heterocycles. The molecule has 23 heavy (non-hydrogen) atoms. The molecule has 1 rings (SSSR count). The van der Waals surface area contributed by atoms with Crippen LogP contribution in [0.25, 0.3) is 0 Å². The Hall–Kier alpha value is -1.60. The Morgan fingerprint density at radius 1 is 1.22 bits per heavy atom. The summed E-state index contributed by atoms with van der Waals surface area (Å²) in [6.45, 7) is 9.45. The second kappa shape index (κ2) is 8.31. The minimum atomic E-state index is -3.36. The lowest BCUT2D eigenvalue weighted by molar-refractivity contribution is -0.121. The molecule has 0 aliphatic heterocycles. The van der Waals surface area contributed by atoms with Gasteiger partial charge in [-0.1, -0.05) is 26.8 Å².